The Bertz CT molecular complexity index is 1250. The molecule has 0 bridgehead atoms. The minimum Gasteiger partial charge on any atom is -0.458 e. The molecule has 0 spiro atoms. The number of amides is 1. The van der Waals surface area contributed by atoms with E-state index in [1.807, 2.05) is 84.9 Å². The van der Waals surface area contributed by atoms with Crippen molar-refractivity contribution in [2.75, 3.05) is 12.3 Å². The van der Waals surface area contributed by atoms with Crippen LogP contribution in [-0.2, 0) is 31.7 Å². The number of aryl methyl sites for hydroxylation is 1. The van der Waals surface area contributed by atoms with Crippen molar-refractivity contribution in [3.63, 3.8) is 0 Å². The largest absolute Gasteiger partial charge is 0.458 e. The number of carbonyl (C=O) groups is 2. The van der Waals surface area contributed by atoms with Gasteiger partial charge < -0.3 is 14.9 Å². The molecule has 3 atom stereocenters. The molecule has 0 heterocycles. The van der Waals surface area contributed by atoms with E-state index in [-0.39, 0.29) is 18.7 Å². The monoisotopic (exact) mass is 549 g/mol. The maximum Gasteiger partial charge on any atom is 0.329 e. The summed E-state index contributed by atoms with van der Waals surface area (Å²) in [6, 6.07) is 26.6. The second-order valence-corrected chi connectivity index (χ2v) is 13.5. The molecule has 0 fully saturated rings. The molecular weight excluding hydrogens is 509 g/mol. The summed E-state index contributed by atoms with van der Waals surface area (Å²) in [5.74, 6) is -1.72. The summed E-state index contributed by atoms with van der Waals surface area (Å²) in [7, 11) is -3.65. The van der Waals surface area contributed by atoms with Crippen molar-refractivity contribution in [3.05, 3.63) is 96.1 Å². The first kappa shape index (κ1) is 30.3. The zero-order chi connectivity index (χ0) is 28.5. The quantitative estimate of drug-likeness (QED) is 0.205. The molecule has 1 unspecified atom stereocenters. The number of esters is 1. The van der Waals surface area contributed by atoms with E-state index in [1.165, 1.54) is 0 Å². The molecule has 39 heavy (non-hydrogen) atoms. The number of benzene rings is 3. The highest BCUT2D eigenvalue weighted by Gasteiger charge is 2.32. The molecule has 0 aliphatic heterocycles. The zero-order valence-electron chi connectivity index (χ0n) is 23.3. The van der Waals surface area contributed by atoms with Crippen molar-refractivity contribution in [3.8, 4) is 11.1 Å². The first-order valence-electron chi connectivity index (χ1n) is 13.5. The van der Waals surface area contributed by atoms with Crippen LogP contribution in [0, 0.1) is 5.92 Å². The van der Waals surface area contributed by atoms with Crippen LogP contribution >= 0.6 is 7.37 Å². The fraction of sp³-hybridized carbons (Fsp3) is 0.375. The van der Waals surface area contributed by atoms with Crippen LogP contribution in [0.15, 0.2) is 84.9 Å². The number of hydrogen-bond acceptors (Lipinski definition) is 4. The zero-order valence-corrected chi connectivity index (χ0v) is 24.2. The molecule has 0 saturated carbocycles. The standard InChI is InChI=1S/C32H40NO5P/c1-5-29(31(35)38-32(2,3)4)33-30(34)28(23-39(36,37)21-20-24-12-8-6-9-13-24)22-25-16-18-27(19-17-25)26-14-10-7-11-15-26/h6-19,28-29H,5,20-23H2,1-4H3,(H,33,34)(H,36,37)/t28-,29+/m1/s1. The lowest BCUT2D eigenvalue weighted by Crippen LogP contribution is -2.47. The summed E-state index contributed by atoms with van der Waals surface area (Å²) in [4.78, 5) is 37.1. The highest BCUT2D eigenvalue weighted by atomic mass is 31.2. The Labute approximate surface area is 232 Å². The van der Waals surface area contributed by atoms with Gasteiger partial charge in [-0.1, -0.05) is 91.9 Å². The molecule has 6 nitrogen and oxygen atoms in total. The van der Waals surface area contributed by atoms with Crippen molar-refractivity contribution in [1.82, 2.24) is 5.32 Å². The van der Waals surface area contributed by atoms with Crippen molar-refractivity contribution in [1.29, 1.82) is 0 Å². The molecule has 0 aliphatic rings. The predicted molar refractivity (Wildman–Crippen MR) is 157 cm³/mol. The Morgan fingerprint density at radius 2 is 1.44 bits per heavy atom. The van der Waals surface area contributed by atoms with Crippen LogP contribution in [-0.4, -0.2) is 40.7 Å². The summed E-state index contributed by atoms with van der Waals surface area (Å²) in [5, 5.41) is 2.80. The lowest BCUT2D eigenvalue weighted by atomic mass is 9.97. The fourth-order valence-electron chi connectivity index (χ4n) is 4.36. The Kier molecular flexibility index (Phi) is 10.7. The van der Waals surface area contributed by atoms with Crippen LogP contribution in [0.4, 0.5) is 0 Å². The summed E-state index contributed by atoms with van der Waals surface area (Å²) in [6.45, 7) is 7.12. The van der Waals surface area contributed by atoms with Crippen molar-refractivity contribution < 1.29 is 23.8 Å². The molecule has 3 aromatic rings. The van der Waals surface area contributed by atoms with Crippen molar-refractivity contribution in [2.45, 2.75) is 58.6 Å². The van der Waals surface area contributed by atoms with Crippen LogP contribution in [0.1, 0.15) is 45.2 Å². The van der Waals surface area contributed by atoms with Crippen molar-refractivity contribution in [2.24, 2.45) is 5.92 Å². The Hall–Kier alpha value is -3.21. The van der Waals surface area contributed by atoms with Gasteiger partial charge in [0.1, 0.15) is 11.6 Å². The third-order valence-corrected chi connectivity index (χ3v) is 8.36. The summed E-state index contributed by atoms with van der Waals surface area (Å²) >= 11 is 0. The molecule has 7 heteroatoms. The van der Waals surface area contributed by atoms with Gasteiger partial charge in [0.05, 0.1) is 5.92 Å². The molecule has 0 aliphatic carbocycles. The van der Waals surface area contributed by atoms with Crippen molar-refractivity contribution >= 4 is 19.2 Å². The molecule has 0 aromatic heterocycles. The van der Waals surface area contributed by atoms with Gasteiger partial charge in [-0.25, -0.2) is 4.79 Å². The summed E-state index contributed by atoms with van der Waals surface area (Å²) in [5.41, 5.74) is 3.30. The molecule has 0 radical (unpaired) electrons. The van der Waals surface area contributed by atoms with Crippen LogP contribution in [0.25, 0.3) is 11.1 Å². The minimum absolute atomic E-state index is 0.0804. The third-order valence-electron chi connectivity index (χ3n) is 6.43. The number of ether oxygens (including phenoxy) is 1. The molecule has 2 N–H and O–H groups in total. The van der Waals surface area contributed by atoms with Gasteiger partial charge in [0, 0.05) is 12.3 Å². The summed E-state index contributed by atoms with van der Waals surface area (Å²) in [6.07, 6.45) is 0.990. The molecule has 3 rings (SSSR count). The Morgan fingerprint density at radius 3 is 2.00 bits per heavy atom. The number of rotatable bonds is 12. The van der Waals surface area contributed by atoms with E-state index in [9.17, 15) is 19.0 Å². The van der Waals surface area contributed by atoms with Gasteiger partial charge >= 0.3 is 5.97 Å². The van der Waals surface area contributed by atoms with E-state index in [0.717, 1.165) is 22.3 Å². The highest BCUT2D eigenvalue weighted by molar-refractivity contribution is 7.58. The van der Waals surface area contributed by atoms with Gasteiger partial charge in [-0.05, 0) is 62.3 Å². The van der Waals surface area contributed by atoms with Crippen LogP contribution in [0.5, 0.6) is 0 Å². The first-order valence-corrected chi connectivity index (χ1v) is 15.5. The second kappa shape index (κ2) is 13.7. The second-order valence-electron chi connectivity index (χ2n) is 11.0. The highest BCUT2D eigenvalue weighted by Crippen LogP contribution is 2.43. The predicted octanol–water partition coefficient (Wildman–Crippen LogP) is 6.26. The van der Waals surface area contributed by atoms with E-state index in [2.05, 4.69) is 5.32 Å². The SMILES string of the molecule is CC[C@H](NC(=O)[C@H](Cc1ccc(-c2ccccc2)cc1)CP(=O)(O)CCc1ccccc1)C(=O)OC(C)(C)C. The van der Waals surface area contributed by atoms with Gasteiger partial charge in [-0.15, -0.1) is 0 Å². The van der Waals surface area contributed by atoms with Crippen LogP contribution < -0.4 is 5.32 Å². The number of carbonyl (C=O) groups excluding carboxylic acids is 2. The third kappa shape index (κ3) is 10.1. The molecular formula is C32H40NO5P. The van der Waals surface area contributed by atoms with Crippen LogP contribution in [0.3, 0.4) is 0 Å². The minimum atomic E-state index is -3.65. The van der Waals surface area contributed by atoms with E-state index < -0.39 is 36.8 Å². The summed E-state index contributed by atoms with van der Waals surface area (Å²) < 4.78 is 18.8. The van der Waals surface area contributed by atoms with E-state index in [0.29, 0.717) is 12.8 Å². The average Bonchev–Trinajstić information content (AvgIpc) is 2.90. The lowest BCUT2D eigenvalue weighted by Gasteiger charge is -2.26. The number of hydrogen-bond donors (Lipinski definition) is 2. The smallest absolute Gasteiger partial charge is 0.329 e. The van der Waals surface area contributed by atoms with Gasteiger partial charge in [0.15, 0.2) is 0 Å². The van der Waals surface area contributed by atoms with E-state index >= 15 is 0 Å². The number of nitrogens with one attached hydrogen (secondary N) is 1. The van der Waals surface area contributed by atoms with E-state index in [1.54, 1.807) is 27.7 Å². The Morgan fingerprint density at radius 1 is 0.872 bits per heavy atom. The maximum atomic E-state index is 13.5. The molecule has 208 valence electrons. The molecule has 0 saturated heterocycles. The van der Waals surface area contributed by atoms with Gasteiger partial charge in [0.2, 0.25) is 13.3 Å². The Balaban J connectivity index is 1.78. The normalized spacial score (nSPS) is 14.6. The fourth-order valence-corrected chi connectivity index (χ4v) is 6.14. The molecule has 1 amide bonds. The maximum absolute atomic E-state index is 13.5. The van der Waals surface area contributed by atoms with Gasteiger partial charge in [-0.3, -0.25) is 9.36 Å². The first-order chi connectivity index (χ1) is 18.5. The van der Waals surface area contributed by atoms with E-state index in [4.69, 9.17) is 4.74 Å². The molecule has 3 aromatic carbocycles. The van der Waals surface area contributed by atoms with Gasteiger partial charge in [-0.2, -0.15) is 0 Å². The average molecular weight is 550 g/mol. The lowest BCUT2D eigenvalue weighted by molar-refractivity contribution is -0.159. The van der Waals surface area contributed by atoms with Gasteiger partial charge in [0.25, 0.3) is 0 Å². The van der Waals surface area contributed by atoms with Crippen LogP contribution in [0.2, 0.25) is 0 Å². The topological polar surface area (TPSA) is 92.7 Å².